The number of para-hydroxylation sites is 2. The van der Waals surface area contributed by atoms with Crippen molar-refractivity contribution in [2.75, 3.05) is 22.9 Å². The molecule has 1 amide bonds. The number of hydrogen-bond donors (Lipinski definition) is 0. The molecule has 2 rings (SSSR count). The van der Waals surface area contributed by atoms with E-state index in [1.807, 2.05) is 48.5 Å². The Morgan fingerprint density at radius 3 is 2.32 bits per heavy atom. The zero-order chi connectivity index (χ0) is 18.2. The van der Waals surface area contributed by atoms with Gasteiger partial charge in [-0.25, -0.2) is 0 Å². The molecule has 0 spiro atoms. The molecule has 0 aliphatic heterocycles. The van der Waals surface area contributed by atoms with E-state index in [2.05, 4.69) is 37.8 Å². The first-order valence-electron chi connectivity index (χ1n) is 8.59. The molecule has 0 bridgehead atoms. The Hall–Kier alpha value is -2.80. The van der Waals surface area contributed by atoms with Crippen LogP contribution in [0.15, 0.2) is 54.6 Å². The molecule has 0 aliphatic rings. The third kappa shape index (κ3) is 4.84. The highest BCUT2D eigenvalue weighted by molar-refractivity contribution is 5.96. The van der Waals surface area contributed by atoms with Crippen LogP contribution in [0.5, 0.6) is 0 Å². The molecule has 0 N–H and O–H groups in total. The Kier molecular flexibility index (Phi) is 6.59. The molecular weight excluding hydrogens is 310 g/mol. The number of nitriles is 1. The van der Waals surface area contributed by atoms with Gasteiger partial charge in [0.05, 0.1) is 19.0 Å². The van der Waals surface area contributed by atoms with Gasteiger partial charge in [-0.2, -0.15) is 5.26 Å². The molecule has 0 saturated carbocycles. The summed E-state index contributed by atoms with van der Waals surface area (Å²) in [6.07, 6.45) is 0.312. The van der Waals surface area contributed by atoms with E-state index in [1.54, 1.807) is 4.90 Å². The lowest BCUT2D eigenvalue weighted by molar-refractivity contribution is -0.117. The second-order valence-corrected chi connectivity index (χ2v) is 6.30. The quantitative estimate of drug-likeness (QED) is 0.763. The molecule has 0 heterocycles. The molecule has 2 aromatic carbocycles. The molecule has 4 heteroatoms. The van der Waals surface area contributed by atoms with Crippen LogP contribution in [0.3, 0.4) is 0 Å². The summed E-state index contributed by atoms with van der Waals surface area (Å²) < 4.78 is 0. The van der Waals surface area contributed by atoms with Crippen LogP contribution in [0.2, 0.25) is 0 Å². The summed E-state index contributed by atoms with van der Waals surface area (Å²) in [5, 5.41) is 8.93. The lowest BCUT2D eigenvalue weighted by Crippen LogP contribution is -2.44. The first kappa shape index (κ1) is 18.5. The van der Waals surface area contributed by atoms with Crippen molar-refractivity contribution < 1.29 is 4.79 Å². The van der Waals surface area contributed by atoms with E-state index in [4.69, 9.17) is 5.26 Å². The van der Waals surface area contributed by atoms with E-state index in [0.29, 0.717) is 13.0 Å². The fourth-order valence-electron chi connectivity index (χ4n) is 2.83. The van der Waals surface area contributed by atoms with Gasteiger partial charge >= 0.3 is 0 Å². The van der Waals surface area contributed by atoms with E-state index in [9.17, 15) is 4.79 Å². The van der Waals surface area contributed by atoms with Crippen molar-refractivity contribution in [3.63, 3.8) is 0 Å². The molecule has 0 aromatic heterocycles. The second kappa shape index (κ2) is 8.89. The van der Waals surface area contributed by atoms with E-state index < -0.39 is 0 Å². The Labute approximate surface area is 150 Å². The van der Waals surface area contributed by atoms with Crippen molar-refractivity contribution >= 4 is 17.3 Å². The zero-order valence-corrected chi connectivity index (χ0v) is 15.1. The summed E-state index contributed by atoms with van der Waals surface area (Å²) in [7, 11) is 0. The van der Waals surface area contributed by atoms with Crippen molar-refractivity contribution in [2.24, 2.45) is 0 Å². The molecule has 0 radical (unpaired) electrons. The lowest BCUT2D eigenvalue weighted by atomic mass is 10.1. The molecular formula is C21H25N3O. The van der Waals surface area contributed by atoms with Crippen LogP contribution in [-0.2, 0) is 4.79 Å². The molecule has 0 saturated heterocycles. The number of amides is 1. The average molecular weight is 335 g/mol. The van der Waals surface area contributed by atoms with Gasteiger partial charge in [0.1, 0.15) is 0 Å². The summed E-state index contributed by atoms with van der Waals surface area (Å²) in [4.78, 5) is 16.8. The molecule has 130 valence electrons. The van der Waals surface area contributed by atoms with Crippen LogP contribution < -0.4 is 9.80 Å². The van der Waals surface area contributed by atoms with Gasteiger partial charge < -0.3 is 9.80 Å². The van der Waals surface area contributed by atoms with Crippen molar-refractivity contribution in [1.82, 2.24) is 0 Å². The molecule has 0 fully saturated rings. The molecule has 0 aliphatic carbocycles. The predicted molar refractivity (Wildman–Crippen MR) is 103 cm³/mol. The van der Waals surface area contributed by atoms with Crippen LogP contribution in [0.25, 0.3) is 0 Å². The Balaban J connectivity index is 2.26. The maximum Gasteiger partial charge on any atom is 0.246 e. The van der Waals surface area contributed by atoms with Gasteiger partial charge in [0.15, 0.2) is 0 Å². The van der Waals surface area contributed by atoms with Crippen molar-refractivity contribution in [3.05, 3.63) is 60.2 Å². The Morgan fingerprint density at radius 1 is 1.08 bits per heavy atom. The number of anilines is 2. The topological polar surface area (TPSA) is 47.3 Å². The SMILES string of the molecule is Cc1ccccc1N(CC(=O)N(CCC#N)c1ccccc1)C(C)C. The Bertz CT molecular complexity index is 734. The van der Waals surface area contributed by atoms with Gasteiger partial charge in [0.2, 0.25) is 5.91 Å². The average Bonchev–Trinajstić information content (AvgIpc) is 2.61. The van der Waals surface area contributed by atoms with E-state index in [-0.39, 0.29) is 18.5 Å². The van der Waals surface area contributed by atoms with Gasteiger partial charge in [-0.05, 0) is 44.5 Å². The normalized spacial score (nSPS) is 10.4. The van der Waals surface area contributed by atoms with Gasteiger partial charge in [0, 0.05) is 24.0 Å². The fourth-order valence-corrected chi connectivity index (χ4v) is 2.83. The lowest BCUT2D eigenvalue weighted by Gasteiger charge is -2.32. The van der Waals surface area contributed by atoms with E-state index in [0.717, 1.165) is 16.9 Å². The summed E-state index contributed by atoms with van der Waals surface area (Å²) >= 11 is 0. The summed E-state index contributed by atoms with van der Waals surface area (Å²) in [6.45, 7) is 6.91. The van der Waals surface area contributed by atoms with E-state index in [1.165, 1.54) is 0 Å². The highest BCUT2D eigenvalue weighted by atomic mass is 16.2. The fraction of sp³-hybridized carbons (Fsp3) is 0.333. The van der Waals surface area contributed by atoms with E-state index >= 15 is 0 Å². The number of rotatable bonds is 7. The third-order valence-corrected chi connectivity index (χ3v) is 4.17. The third-order valence-electron chi connectivity index (χ3n) is 4.17. The Morgan fingerprint density at radius 2 is 1.72 bits per heavy atom. The van der Waals surface area contributed by atoms with Crippen molar-refractivity contribution in [2.45, 2.75) is 33.2 Å². The number of carbonyl (C=O) groups is 1. The first-order chi connectivity index (χ1) is 12.0. The van der Waals surface area contributed by atoms with Gasteiger partial charge in [-0.1, -0.05) is 36.4 Å². The number of nitrogens with zero attached hydrogens (tertiary/aromatic N) is 3. The molecule has 25 heavy (non-hydrogen) atoms. The number of benzene rings is 2. The smallest absolute Gasteiger partial charge is 0.246 e. The van der Waals surface area contributed by atoms with Crippen LogP contribution in [0, 0.1) is 18.3 Å². The zero-order valence-electron chi connectivity index (χ0n) is 15.1. The second-order valence-electron chi connectivity index (χ2n) is 6.30. The van der Waals surface area contributed by atoms with Gasteiger partial charge in [-0.15, -0.1) is 0 Å². The maximum atomic E-state index is 13.0. The standard InChI is InChI=1S/C21H25N3O/c1-17(2)24(20-13-8-7-10-18(20)3)16-21(25)23(15-9-14-22)19-11-5-4-6-12-19/h4-8,10-13,17H,9,15-16H2,1-3H3. The van der Waals surface area contributed by atoms with Crippen LogP contribution in [0.4, 0.5) is 11.4 Å². The highest BCUT2D eigenvalue weighted by Gasteiger charge is 2.21. The summed E-state index contributed by atoms with van der Waals surface area (Å²) in [5.41, 5.74) is 3.04. The van der Waals surface area contributed by atoms with Crippen LogP contribution in [0.1, 0.15) is 25.8 Å². The number of carbonyl (C=O) groups excluding carboxylic acids is 1. The number of hydrogen-bond acceptors (Lipinski definition) is 3. The van der Waals surface area contributed by atoms with Crippen molar-refractivity contribution in [1.29, 1.82) is 5.26 Å². The largest absolute Gasteiger partial charge is 0.360 e. The van der Waals surface area contributed by atoms with Gasteiger partial charge in [-0.3, -0.25) is 4.79 Å². The van der Waals surface area contributed by atoms with Crippen LogP contribution in [-0.4, -0.2) is 25.0 Å². The molecule has 2 aromatic rings. The molecule has 0 atom stereocenters. The maximum absolute atomic E-state index is 13.0. The minimum atomic E-state index is -0.00148. The molecule has 0 unspecified atom stereocenters. The monoisotopic (exact) mass is 335 g/mol. The van der Waals surface area contributed by atoms with Crippen LogP contribution >= 0.6 is 0 Å². The minimum absolute atomic E-state index is 0.00148. The summed E-state index contributed by atoms with van der Waals surface area (Å²) in [5.74, 6) is -0.00148. The predicted octanol–water partition coefficient (Wildman–Crippen LogP) is 4.16. The highest BCUT2D eigenvalue weighted by Crippen LogP contribution is 2.23. The van der Waals surface area contributed by atoms with Gasteiger partial charge in [0.25, 0.3) is 0 Å². The molecule has 4 nitrogen and oxygen atoms in total. The minimum Gasteiger partial charge on any atom is -0.360 e. The summed E-state index contributed by atoms with van der Waals surface area (Å²) in [6, 6.07) is 20.0. The first-order valence-corrected chi connectivity index (χ1v) is 8.59. The van der Waals surface area contributed by atoms with Crippen molar-refractivity contribution in [3.8, 4) is 6.07 Å². The number of aryl methyl sites for hydroxylation is 1.